The first-order valence-electron chi connectivity index (χ1n) is 7.34. The van der Waals surface area contributed by atoms with E-state index < -0.39 is 0 Å². The van der Waals surface area contributed by atoms with Crippen LogP contribution in [-0.2, 0) is 0 Å². The Bertz CT molecular complexity index is 1020. The summed E-state index contributed by atoms with van der Waals surface area (Å²) < 4.78 is 0. The van der Waals surface area contributed by atoms with Crippen molar-refractivity contribution in [1.29, 1.82) is 0 Å². The number of carbonyl (C=O) groups is 1. The summed E-state index contributed by atoms with van der Waals surface area (Å²) in [5, 5.41) is 9.89. The van der Waals surface area contributed by atoms with E-state index in [0.29, 0.717) is 11.5 Å². The molecule has 6 nitrogen and oxygen atoms in total. The van der Waals surface area contributed by atoms with Crippen LogP contribution in [0.2, 0.25) is 0 Å². The topological polar surface area (TPSA) is 83.6 Å². The molecule has 0 saturated carbocycles. The van der Waals surface area contributed by atoms with Gasteiger partial charge >= 0.3 is 0 Å². The molecule has 1 amide bonds. The summed E-state index contributed by atoms with van der Waals surface area (Å²) in [4.78, 5) is 23.6. The Morgan fingerprint density at radius 3 is 2.83 bits per heavy atom. The summed E-state index contributed by atoms with van der Waals surface area (Å²) in [5.41, 5.74) is 2.12. The molecule has 4 aromatic rings. The first kappa shape index (κ1) is 14.5. The Morgan fingerprint density at radius 2 is 2.08 bits per heavy atom. The Morgan fingerprint density at radius 1 is 1.21 bits per heavy atom. The van der Waals surface area contributed by atoms with Gasteiger partial charge in [-0.1, -0.05) is 18.2 Å². The number of aryl methyl sites for hydroxylation is 1. The number of carbonyl (C=O) groups excluding carboxylic acids is 1. The molecule has 4 rings (SSSR count). The molecule has 0 saturated heterocycles. The summed E-state index contributed by atoms with van der Waals surface area (Å²) in [7, 11) is 0. The molecule has 0 fully saturated rings. The second kappa shape index (κ2) is 5.86. The van der Waals surface area contributed by atoms with Crippen molar-refractivity contribution < 1.29 is 4.79 Å². The number of aromatic nitrogens is 4. The fourth-order valence-electron chi connectivity index (χ4n) is 2.50. The maximum atomic E-state index is 12.7. The molecule has 3 aromatic heterocycles. The van der Waals surface area contributed by atoms with Crippen molar-refractivity contribution in [3.05, 3.63) is 59.2 Å². The molecule has 0 atom stereocenters. The van der Waals surface area contributed by atoms with Crippen molar-refractivity contribution in [3.63, 3.8) is 0 Å². The zero-order valence-electron chi connectivity index (χ0n) is 12.8. The number of aromatic amines is 1. The summed E-state index contributed by atoms with van der Waals surface area (Å²) in [5.74, 6) is 0.0642. The maximum Gasteiger partial charge on any atom is 0.258 e. The van der Waals surface area contributed by atoms with Crippen LogP contribution in [0.1, 0.15) is 15.2 Å². The third-order valence-electron chi connectivity index (χ3n) is 3.60. The van der Waals surface area contributed by atoms with Crippen molar-refractivity contribution in [2.45, 2.75) is 6.92 Å². The summed E-state index contributed by atoms with van der Waals surface area (Å²) in [6.07, 6.45) is 1.35. The molecule has 0 aliphatic rings. The zero-order chi connectivity index (χ0) is 16.5. The lowest BCUT2D eigenvalue weighted by Gasteiger charge is -2.08. The third-order valence-corrected chi connectivity index (χ3v) is 4.62. The quantitative estimate of drug-likeness (QED) is 0.599. The van der Waals surface area contributed by atoms with Gasteiger partial charge in [-0.3, -0.25) is 10.1 Å². The highest BCUT2D eigenvalue weighted by atomic mass is 32.1. The highest BCUT2D eigenvalue weighted by Gasteiger charge is 2.15. The number of anilines is 1. The number of para-hydroxylation sites is 1. The number of hydrogen-bond acceptors (Lipinski definition) is 5. The van der Waals surface area contributed by atoms with Gasteiger partial charge in [-0.15, -0.1) is 11.3 Å². The molecule has 0 bridgehead atoms. The van der Waals surface area contributed by atoms with Crippen LogP contribution in [0.25, 0.3) is 21.5 Å². The van der Waals surface area contributed by atoms with Crippen molar-refractivity contribution in [2.24, 2.45) is 0 Å². The van der Waals surface area contributed by atoms with Crippen molar-refractivity contribution in [1.82, 2.24) is 20.2 Å². The van der Waals surface area contributed by atoms with Gasteiger partial charge in [0.1, 0.15) is 6.33 Å². The summed E-state index contributed by atoms with van der Waals surface area (Å²) in [6.45, 7) is 2.05. The zero-order valence-corrected chi connectivity index (χ0v) is 13.6. The second-order valence-electron chi connectivity index (χ2n) is 5.27. The van der Waals surface area contributed by atoms with E-state index in [2.05, 4.69) is 20.5 Å². The van der Waals surface area contributed by atoms with Gasteiger partial charge in [-0.05, 0) is 31.2 Å². The lowest BCUT2D eigenvalue weighted by molar-refractivity contribution is 0.102. The normalized spacial score (nSPS) is 10.9. The molecule has 24 heavy (non-hydrogen) atoms. The Hall–Kier alpha value is -3.06. The van der Waals surface area contributed by atoms with E-state index in [4.69, 9.17) is 4.98 Å². The van der Waals surface area contributed by atoms with E-state index in [1.54, 1.807) is 11.3 Å². The van der Waals surface area contributed by atoms with Crippen LogP contribution in [0.4, 0.5) is 5.95 Å². The number of pyridine rings is 1. The maximum absolute atomic E-state index is 12.7. The van der Waals surface area contributed by atoms with E-state index >= 15 is 0 Å². The predicted octanol–water partition coefficient (Wildman–Crippen LogP) is 3.64. The molecule has 0 spiro atoms. The minimum absolute atomic E-state index is 0.250. The lowest BCUT2D eigenvalue weighted by Crippen LogP contribution is -2.14. The third kappa shape index (κ3) is 2.65. The molecule has 1 aromatic carbocycles. The smallest absolute Gasteiger partial charge is 0.258 e. The predicted molar refractivity (Wildman–Crippen MR) is 94.1 cm³/mol. The van der Waals surface area contributed by atoms with Crippen molar-refractivity contribution in [2.75, 3.05) is 5.32 Å². The van der Waals surface area contributed by atoms with Crippen molar-refractivity contribution in [3.8, 4) is 10.6 Å². The van der Waals surface area contributed by atoms with Gasteiger partial charge in [-0.25, -0.2) is 10.1 Å². The largest absolute Gasteiger partial charge is 0.291 e. The fourth-order valence-corrected chi connectivity index (χ4v) is 3.33. The average Bonchev–Trinajstić information content (AvgIpc) is 3.25. The average molecular weight is 335 g/mol. The lowest BCUT2D eigenvalue weighted by atomic mass is 10.1. The van der Waals surface area contributed by atoms with Crippen LogP contribution in [-0.4, -0.2) is 26.1 Å². The highest BCUT2D eigenvalue weighted by molar-refractivity contribution is 7.15. The monoisotopic (exact) mass is 335 g/mol. The van der Waals surface area contributed by atoms with Gasteiger partial charge in [0.2, 0.25) is 5.95 Å². The van der Waals surface area contributed by atoms with Crippen LogP contribution in [0, 0.1) is 6.92 Å². The van der Waals surface area contributed by atoms with Gasteiger partial charge in [0, 0.05) is 10.3 Å². The number of H-pyrrole nitrogens is 1. The van der Waals surface area contributed by atoms with Gasteiger partial charge < -0.3 is 0 Å². The van der Waals surface area contributed by atoms with Crippen LogP contribution in [0.15, 0.2) is 48.8 Å². The molecule has 0 aliphatic carbocycles. The van der Waals surface area contributed by atoms with Gasteiger partial charge in [0.05, 0.1) is 21.7 Å². The number of amides is 1. The number of rotatable bonds is 3. The Kier molecular flexibility index (Phi) is 3.55. The Balaban J connectivity index is 1.84. The van der Waals surface area contributed by atoms with Crippen LogP contribution in [0.5, 0.6) is 0 Å². The number of fused-ring (bicyclic) bond motifs is 1. The molecule has 2 N–H and O–H groups in total. The summed E-state index contributed by atoms with van der Waals surface area (Å²) in [6, 6.07) is 13.5. The number of benzene rings is 1. The molecule has 0 unspecified atom stereocenters. The molecule has 3 heterocycles. The SMILES string of the molecule is Cc1ccc(-c2cc(C(=O)Nc3ncn[nH]3)c3ccccc3n2)s1. The molecule has 118 valence electrons. The fraction of sp³-hybridized carbons (Fsp3) is 0.0588. The van der Waals surface area contributed by atoms with Crippen LogP contribution >= 0.6 is 11.3 Å². The molecule has 7 heteroatoms. The van der Waals surface area contributed by atoms with Gasteiger partial charge in [0.15, 0.2) is 0 Å². The summed E-state index contributed by atoms with van der Waals surface area (Å²) >= 11 is 1.65. The molecular formula is C17H13N5OS. The highest BCUT2D eigenvalue weighted by Crippen LogP contribution is 2.30. The molecule has 0 radical (unpaired) electrons. The first-order valence-corrected chi connectivity index (χ1v) is 8.16. The number of nitrogens with one attached hydrogen (secondary N) is 2. The van der Waals surface area contributed by atoms with Crippen LogP contribution in [0.3, 0.4) is 0 Å². The first-order chi connectivity index (χ1) is 11.7. The standard InChI is InChI=1S/C17H13N5OS/c1-10-6-7-15(24-10)14-8-12(11-4-2-3-5-13(11)20-14)16(23)21-17-18-9-19-22-17/h2-9H,1H3,(H2,18,19,21,22,23). The number of hydrogen-bond donors (Lipinski definition) is 2. The minimum Gasteiger partial charge on any atom is -0.291 e. The van der Waals surface area contributed by atoms with E-state index in [1.807, 2.05) is 49.4 Å². The van der Waals surface area contributed by atoms with E-state index in [9.17, 15) is 4.79 Å². The molecule has 0 aliphatic heterocycles. The van der Waals surface area contributed by atoms with Gasteiger partial charge in [-0.2, -0.15) is 10.1 Å². The number of nitrogens with zero attached hydrogens (tertiary/aromatic N) is 3. The minimum atomic E-state index is -0.250. The molecular weight excluding hydrogens is 322 g/mol. The van der Waals surface area contributed by atoms with E-state index in [1.165, 1.54) is 11.2 Å². The van der Waals surface area contributed by atoms with Gasteiger partial charge in [0.25, 0.3) is 5.91 Å². The van der Waals surface area contributed by atoms with E-state index in [-0.39, 0.29) is 5.91 Å². The van der Waals surface area contributed by atoms with Crippen LogP contribution < -0.4 is 5.32 Å². The number of thiophene rings is 1. The Labute approximate surface area is 141 Å². The van der Waals surface area contributed by atoms with E-state index in [0.717, 1.165) is 21.5 Å². The van der Waals surface area contributed by atoms with Crippen molar-refractivity contribution >= 4 is 34.1 Å². The second-order valence-corrected chi connectivity index (χ2v) is 6.56.